The molecule has 2 saturated carbocycles. The van der Waals surface area contributed by atoms with E-state index >= 15 is 13.2 Å². The summed E-state index contributed by atoms with van der Waals surface area (Å²) in [5.41, 5.74) is 2.18. The highest BCUT2D eigenvalue weighted by Gasteiger charge is 2.63. The Morgan fingerprint density at radius 3 is 2.31 bits per heavy atom. The lowest BCUT2D eigenvalue weighted by Crippen LogP contribution is -2.62. The van der Waals surface area contributed by atoms with Crippen molar-refractivity contribution < 1.29 is 31.1 Å². The molecule has 2 N–H and O–H groups in total. The van der Waals surface area contributed by atoms with Crippen LogP contribution in [0.25, 0.3) is 0 Å². The number of alkyl halides is 6. The summed E-state index contributed by atoms with van der Waals surface area (Å²) in [4.78, 5) is 15.8. The molecule has 32 heavy (non-hydrogen) atoms. The highest BCUT2D eigenvalue weighted by atomic mass is 19.4. The van der Waals surface area contributed by atoms with Crippen LogP contribution in [0.1, 0.15) is 51.9 Å². The highest BCUT2D eigenvalue weighted by molar-refractivity contribution is 5.82. The first-order valence-electron chi connectivity index (χ1n) is 11.5. The smallest absolute Gasteiger partial charge is 0.339 e. The van der Waals surface area contributed by atoms with E-state index in [1.165, 1.54) is 16.8 Å². The number of hydrogen-bond acceptors (Lipinski definition) is 4. The van der Waals surface area contributed by atoms with E-state index in [-0.39, 0.29) is 38.4 Å². The summed E-state index contributed by atoms with van der Waals surface area (Å²) in [5.74, 6) is -8.00. The zero-order valence-corrected chi connectivity index (χ0v) is 18.4. The lowest BCUT2D eigenvalue weighted by Gasteiger charge is -2.45. The molecule has 7 atom stereocenters. The molecule has 184 valence electrons. The maximum absolute atomic E-state index is 15.8. The Morgan fingerprint density at radius 2 is 1.69 bits per heavy atom. The van der Waals surface area contributed by atoms with Gasteiger partial charge in [0.25, 0.3) is 0 Å². The fourth-order valence-corrected chi connectivity index (χ4v) is 6.41. The van der Waals surface area contributed by atoms with Crippen molar-refractivity contribution in [1.29, 1.82) is 0 Å². The maximum Gasteiger partial charge on any atom is 0.392 e. The summed E-state index contributed by atoms with van der Waals surface area (Å²) >= 11 is 0. The van der Waals surface area contributed by atoms with E-state index in [0.717, 1.165) is 6.92 Å². The van der Waals surface area contributed by atoms with Gasteiger partial charge in [0, 0.05) is 24.4 Å². The summed E-state index contributed by atoms with van der Waals surface area (Å²) in [6, 6.07) is -0.501. The van der Waals surface area contributed by atoms with Crippen molar-refractivity contribution in [2.45, 2.75) is 81.8 Å². The predicted octanol–water partition coefficient (Wildman–Crippen LogP) is 3.67. The number of halogens is 6. The van der Waals surface area contributed by atoms with Crippen LogP contribution in [0.4, 0.5) is 26.3 Å². The van der Waals surface area contributed by atoms with Crippen LogP contribution in [-0.4, -0.2) is 65.9 Å². The Bertz CT molecular complexity index is 717. The van der Waals surface area contributed by atoms with E-state index in [9.17, 15) is 18.0 Å². The van der Waals surface area contributed by atoms with Crippen LogP contribution >= 0.6 is 0 Å². The molecule has 1 amide bonds. The molecule has 2 aliphatic heterocycles. The lowest BCUT2D eigenvalue weighted by atomic mass is 9.73. The first-order chi connectivity index (χ1) is 14.9. The topological polar surface area (TPSA) is 47.6 Å². The van der Waals surface area contributed by atoms with Crippen molar-refractivity contribution in [1.82, 2.24) is 20.7 Å². The number of carbonyl (C=O) groups excluding carboxylic acids is 1. The van der Waals surface area contributed by atoms with Gasteiger partial charge in [-0.25, -0.2) is 15.2 Å². The first-order valence-corrected chi connectivity index (χ1v) is 11.5. The average molecular weight is 471 g/mol. The van der Waals surface area contributed by atoms with Gasteiger partial charge in [0.15, 0.2) is 5.67 Å². The molecule has 0 radical (unpaired) electrons. The summed E-state index contributed by atoms with van der Waals surface area (Å²) in [7, 11) is 1.47. The Morgan fingerprint density at radius 1 is 1.00 bits per heavy atom. The molecule has 5 nitrogen and oxygen atoms in total. The predicted molar refractivity (Wildman–Crippen MR) is 105 cm³/mol. The molecule has 0 aromatic heterocycles. The normalized spacial score (nSPS) is 39.2. The second-order valence-electron chi connectivity index (χ2n) is 10.2. The monoisotopic (exact) mass is 470 g/mol. The standard InChI is InChI=1S/C21H32F6N4O/c1-19(22,20(23,24)18-29-28-11-30(18)2)12-5-3-6-13(9-12)31-10-15-14(17(31)32)7-4-8-16(15)21(25,26)27/h12-16,18,28-29H,3-11H2,1-2H3. The highest BCUT2D eigenvalue weighted by Crippen LogP contribution is 2.51. The third-order valence-electron chi connectivity index (χ3n) is 8.35. The minimum Gasteiger partial charge on any atom is -0.339 e. The SMILES string of the molecule is CN1CNNC1C(F)(F)C(C)(F)C1CCCC(N2CC3C(CCCC3C(F)(F)F)C2=O)C1. The zero-order chi connectivity index (χ0) is 23.5. The Hall–Kier alpha value is -1.07. The van der Waals surface area contributed by atoms with Crippen molar-refractivity contribution >= 4 is 5.91 Å². The summed E-state index contributed by atoms with van der Waals surface area (Å²) in [5, 5.41) is 0. The number of fused-ring (bicyclic) bond motifs is 1. The van der Waals surface area contributed by atoms with E-state index in [0.29, 0.717) is 25.7 Å². The van der Waals surface area contributed by atoms with Crippen LogP contribution in [0.3, 0.4) is 0 Å². The number of hydrogen-bond donors (Lipinski definition) is 2. The lowest BCUT2D eigenvalue weighted by molar-refractivity contribution is -0.200. The van der Waals surface area contributed by atoms with Gasteiger partial charge in [0.2, 0.25) is 5.91 Å². The van der Waals surface area contributed by atoms with Gasteiger partial charge in [-0.1, -0.05) is 12.8 Å². The zero-order valence-electron chi connectivity index (χ0n) is 18.4. The van der Waals surface area contributed by atoms with Crippen LogP contribution < -0.4 is 10.9 Å². The fourth-order valence-electron chi connectivity index (χ4n) is 6.41. The molecule has 0 bridgehead atoms. The Kier molecular flexibility index (Phi) is 6.24. The van der Waals surface area contributed by atoms with Gasteiger partial charge in [-0.15, -0.1) is 0 Å². The molecule has 4 aliphatic rings. The third kappa shape index (κ3) is 3.91. The number of hydrazine groups is 1. The summed E-state index contributed by atoms with van der Waals surface area (Å²) in [6.45, 7) is 1.05. The van der Waals surface area contributed by atoms with Gasteiger partial charge in [-0.05, 0) is 52.0 Å². The number of nitrogens with zero attached hydrogens (tertiary/aromatic N) is 2. The van der Waals surface area contributed by atoms with E-state index in [2.05, 4.69) is 10.9 Å². The Balaban J connectivity index is 1.50. The van der Waals surface area contributed by atoms with Crippen molar-refractivity contribution in [3.63, 3.8) is 0 Å². The molecule has 0 aromatic rings. The van der Waals surface area contributed by atoms with Crippen molar-refractivity contribution in [3.8, 4) is 0 Å². The van der Waals surface area contributed by atoms with Gasteiger partial charge in [-0.3, -0.25) is 9.69 Å². The van der Waals surface area contributed by atoms with Crippen molar-refractivity contribution in [2.75, 3.05) is 20.3 Å². The van der Waals surface area contributed by atoms with E-state index in [1.807, 2.05) is 0 Å². The maximum atomic E-state index is 15.8. The molecule has 2 aliphatic carbocycles. The van der Waals surface area contributed by atoms with Crippen LogP contribution in [0.5, 0.6) is 0 Å². The largest absolute Gasteiger partial charge is 0.392 e. The van der Waals surface area contributed by atoms with Crippen LogP contribution in [0, 0.1) is 23.7 Å². The molecule has 2 heterocycles. The molecule has 4 rings (SSSR count). The quantitative estimate of drug-likeness (QED) is 0.616. The summed E-state index contributed by atoms with van der Waals surface area (Å²) in [6.07, 6.45) is -3.83. The Labute approximate surface area is 184 Å². The van der Waals surface area contributed by atoms with Gasteiger partial charge < -0.3 is 4.90 Å². The van der Waals surface area contributed by atoms with Crippen LogP contribution in [-0.2, 0) is 4.79 Å². The molecule has 7 unspecified atom stereocenters. The summed E-state index contributed by atoms with van der Waals surface area (Å²) < 4.78 is 86.8. The molecular weight excluding hydrogens is 438 g/mol. The molecule has 2 saturated heterocycles. The minimum atomic E-state index is -4.36. The second kappa shape index (κ2) is 8.30. The number of rotatable bonds is 4. The van der Waals surface area contributed by atoms with Gasteiger partial charge >= 0.3 is 12.1 Å². The molecule has 4 fully saturated rings. The molecule has 0 spiro atoms. The molecular formula is C21H32F6N4O. The first kappa shape index (κ1) is 24.1. The molecule has 11 heteroatoms. The third-order valence-corrected chi connectivity index (χ3v) is 8.35. The van der Waals surface area contributed by atoms with E-state index < -0.39 is 53.6 Å². The van der Waals surface area contributed by atoms with Gasteiger partial charge in [-0.2, -0.15) is 22.0 Å². The number of nitrogens with one attached hydrogen (secondary N) is 2. The van der Waals surface area contributed by atoms with Crippen molar-refractivity contribution in [2.24, 2.45) is 23.7 Å². The average Bonchev–Trinajstić information content (AvgIpc) is 3.31. The minimum absolute atomic E-state index is 0.0126. The number of likely N-dealkylation sites (tertiary alicyclic amines) is 1. The van der Waals surface area contributed by atoms with Gasteiger partial charge in [0.05, 0.1) is 12.6 Å². The van der Waals surface area contributed by atoms with Crippen LogP contribution in [0.15, 0.2) is 0 Å². The molecule has 0 aromatic carbocycles. The van der Waals surface area contributed by atoms with Gasteiger partial charge in [0.1, 0.15) is 6.17 Å². The van der Waals surface area contributed by atoms with Crippen LogP contribution in [0.2, 0.25) is 0 Å². The van der Waals surface area contributed by atoms with Crippen molar-refractivity contribution in [3.05, 3.63) is 0 Å². The van der Waals surface area contributed by atoms with E-state index in [4.69, 9.17) is 0 Å². The number of amides is 1. The fraction of sp³-hybridized carbons (Fsp3) is 0.952. The van der Waals surface area contributed by atoms with E-state index in [1.54, 1.807) is 0 Å². The number of carbonyl (C=O) groups is 1. The second-order valence-corrected chi connectivity index (χ2v) is 10.2.